The Morgan fingerprint density at radius 3 is 2.71 bits per heavy atom. The first-order valence-corrected chi connectivity index (χ1v) is 8.75. The number of furan rings is 1. The van der Waals surface area contributed by atoms with Gasteiger partial charge in [-0.15, -0.1) is 11.3 Å². The van der Waals surface area contributed by atoms with Gasteiger partial charge in [0.1, 0.15) is 0 Å². The van der Waals surface area contributed by atoms with Crippen molar-refractivity contribution in [2.45, 2.75) is 13.0 Å². The second-order valence-corrected chi connectivity index (χ2v) is 6.50. The summed E-state index contributed by atoms with van der Waals surface area (Å²) < 4.78 is 5.12. The fourth-order valence-corrected chi connectivity index (χ4v) is 3.11. The number of amides is 1. The normalized spacial score (nSPS) is 11.0. The number of thiophene rings is 1. The van der Waals surface area contributed by atoms with Crippen molar-refractivity contribution in [2.24, 2.45) is 0 Å². The van der Waals surface area contributed by atoms with Crippen molar-refractivity contribution >= 4 is 23.3 Å². The number of carbonyl (C=O) groups excluding carboxylic acids is 1. The van der Waals surface area contributed by atoms with Crippen molar-refractivity contribution in [1.29, 1.82) is 0 Å². The van der Waals surface area contributed by atoms with Crippen LogP contribution in [0.25, 0.3) is 6.08 Å². The molecule has 0 unspecified atom stereocenters. The van der Waals surface area contributed by atoms with Gasteiger partial charge in [-0.1, -0.05) is 36.4 Å². The van der Waals surface area contributed by atoms with Crippen molar-refractivity contribution in [3.05, 3.63) is 88.5 Å². The van der Waals surface area contributed by atoms with Gasteiger partial charge in [0, 0.05) is 29.6 Å². The van der Waals surface area contributed by atoms with E-state index < -0.39 is 0 Å². The van der Waals surface area contributed by atoms with Crippen LogP contribution >= 0.6 is 11.3 Å². The molecule has 0 aliphatic carbocycles. The highest BCUT2D eigenvalue weighted by Gasteiger charge is 2.12. The van der Waals surface area contributed by atoms with E-state index in [9.17, 15) is 4.79 Å². The predicted octanol–water partition coefficient (Wildman–Crippen LogP) is 4.63. The van der Waals surface area contributed by atoms with E-state index in [1.807, 2.05) is 53.4 Å². The van der Waals surface area contributed by atoms with Gasteiger partial charge < -0.3 is 9.32 Å². The Morgan fingerprint density at radius 1 is 1.12 bits per heavy atom. The van der Waals surface area contributed by atoms with Crippen LogP contribution < -0.4 is 0 Å². The zero-order valence-corrected chi connectivity index (χ0v) is 14.1. The summed E-state index contributed by atoms with van der Waals surface area (Å²) in [7, 11) is 0. The van der Waals surface area contributed by atoms with Crippen LogP contribution in [0, 0.1) is 0 Å². The lowest BCUT2D eigenvalue weighted by atomic mass is 10.2. The minimum atomic E-state index is 0.0107. The maximum absolute atomic E-state index is 12.6. The van der Waals surface area contributed by atoms with E-state index in [0.717, 1.165) is 17.5 Å². The van der Waals surface area contributed by atoms with Gasteiger partial charge >= 0.3 is 0 Å². The molecule has 0 bridgehead atoms. The number of hydrogen-bond donors (Lipinski definition) is 0. The van der Waals surface area contributed by atoms with E-state index in [1.54, 1.807) is 29.9 Å². The zero-order valence-electron chi connectivity index (χ0n) is 13.3. The molecular formula is C20H19NO2S. The molecule has 4 heteroatoms. The third-order valence-corrected chi connectivity index (χ3v) is 4.63. The smallest absolute Gasteiger partial charge is 0.246 e. The summed E-state index contributed by atoms with van der Waals surface area (Å²) in [6, 6.07) is 15.9. The first-order chi connectivity index (χ1) is 11.8. The highest BCUT2D eigenvalue weighted by molar-refractivity contribution is 7.09. The largest absolute Gasteiger partial charge is 0.472 e. The average molecular weight is 337 g/mol. The lowest BCUT2D eigenvalue weighted by Crippen LogP contribution is -2.30. The van der Waals surface area contributed by atoms with Gasteiger partial charge in [-0.25, -0.2) is 0 Å². The highest BCUT2D eigenvalue weighted by Crippen LogP contribution is 2.13. The number of benzene rings is 1. The fourth-order valence-electron chi connectivity index (χ4n) is 2.41. The summed E-state index contributed by atoms with van der Waals surface area (Å²) in [6.45, 7) is 1.24. The molecule has 0 radical (unpaired) electrons. The zero-order chi connectivity index (χ0) is 16.6. The standard InChI is InChI=1S/C20H19NO2S/c22-20(9-8-17-5-2-1-3-6-17)21(15-18-11-13-23-16-18)12-10-19-7-4-14-24-19/h1-9,11,13-14,16H,10,12,15H2/b9-8+. The molecular weight excluding hydrogens is 318 g/mol. The molecule has 3 rings (SSSR count). The third kappa shape index (κ3) is 4.70. The van der Waals surface area contributed by atoms with Gasteiger partial charge in [-0.05, 0) is 35.6 Å². The molecule has 0 aliphatic rings. The van der Waals surface area contributed by atoms with Crippen LogP contribution in [-0.4, -0.2) is 17.4 Å². The summed E-state index contributed by atoms with van der Waals surface area (Å²) in [4.78, 5) is 15.7. The van der Waals surface area contributed by atoms with Gasteiger partial charge in [-0.3, -0.25) is 4.79 Å². The number of rotatable bonds is 7. The molecule has 2 aromatic heterocycles. The molecule has 122 valence electrons. The van der Waals surface area contributed by atoms with Gasteiger partial charge in [0.05, 0.1) is 12.5 Å². The Kier molecular flexibility index (Phi) is 5.64. The Bertz CT molecular complexity index is 761. The summed E-state index contributed by atoms with van der Waals surface area (Å²) in [5.74, 6) is 0.0107. The van der Waals surface area contributed by atoms with Crippen LogP contribution in [-0.2, 0) is 17.8 Å². The maximum atomic E-state index is 12.6. The highest BCUT2D eigenvalue weighted by atomic mass is 32.1. The van der Waals surface area contributed by atoms with Gasteiger partial charge in [0.15, 0.2) is 0 Å². The minimum Gasteiger partial charge on any atom is -0.472 e. The average Bonchev–Trinajstić information content (AvgIpc) is 3.31. The summed E-state index contributed by atoms with van der Waals surface area (Å²) in [6.07, 6.45) is 7.68. The third-order valence-electron chi connectivity index (χ3n) is 3.69. The second kappa shape index (κ2) is 8.31. The van der Waals surface area contributed by atoms with E-state index in [-0.39, 0.29) is 5.91 Å². The molecule has 0 fully saturated rings. The first kappa shape index (κ1) is 16.3. The number of hydrogen-bond acceptors (Lipinski definition) is 3. The second-order valence-electron chi connectivity index (χ2n) is 5.46. The van der Waals surface area contributed by atoms with E-state index in [0.29, 0.717) is 13.1 Å². The van der Waals surface area contributed by atoms with Gasteiger partial charge in [0.25, 0.3) is 0 Å². The van der Waals surface area contributed by atoms with Crippen LogP contribution in [0.4, 0.5) is 0 Å². The molecule has 3 aromatic rings. The summed E-state index contributed by atoms with van der Waals surface area (Å²) in [5.41, 5.74) is 2.02. The van der Waals surface area contributed by atoms with Gasteiger partial charge in [0.2, 0.25) is 5.91 Å². The van der Waals surface area contributed by atoms with Crippen molar-refractivity contribution < 1.29 is 9.21 Å². The summed E-state index contributed by atoms with van der Waals surface area (Å²) >= 11 is 1.72. The quantitative estimate of drug-likeness (QED) is 0.589. The topological polar surface area (TPSA) is 33.5 Å². The predicted molar refractivity (Wildman–Crippen MR) is 97.6 cm³/mol. The van der Waals surface area contributed by atoms with Gasteiger partial charge in [-0.2, -0.15) is 0 Å². The Labute approximate surface area is 145 Å². The molecule has 2 heterocycles. The number of nitrogens with zero attached hydrogens (tertiary/aromatic N) is 1. The Balaban J connectivity index is 1.67. The first-order valence-electron chi connectivity index (χ1n) is 7.87. The molecule has 0 N–H and O–H groups in total. The molecule has 0 atom stereocenters. The minimum absolute atomic E-state index is 0.0107. The summed E-state index contributed by atoms with van der Waals surface area (Å²) in [5, 5.41) is 2.06. The lowest BCUT2D eigenvalue weighted by Gasteiger charge is -2.20. The Hall–Kier alpha value is -2.59. The van der Waals surface area contributed by atoms with Crippen molar-refractivity contribution in [2.75, 3.05) is 6.54 Å². The molecule has 0 saturated carbocycles. The maximum Gasteiger partial charge on any atom is 0.246 e. The molecule has 0 aliphatic heterocycles. The molecule has 0 saturated heterocycles. The molecule has 1 aromatic carbocycles. The monoisotopic (exact) mass is 337 g/mol. The van der Waals surface area contributed by atoms with E-state index in [2.05, 4.69) is 11.4 Å². The van der Waals surface area contributed by atoms with Crippen molar-refractivity contribution in [3.8, 4) is 0 Å². The van der Waals surface area contributed by atoms with E-state index in [4.69, 9.17) is 4.42 Å². The van der Waals surface area contributed by atoms with Crippen LogP contribution in [0.2, 0.25) is 0 Å². The molecule has 3 nitrogen and oxygen atoms in total. The van der Waals surface area contributed by atoms with Crippen LogP contribution in [0.5, 0.6) is 0 Å². The Morgan fingerprint density at radius 2 is 2.00 bits per heavy atom. The van der Waals surface area contributed by atoms with Crippen LogP contribution in [0.3, 0.4) is 0 Å². The molecule has 24 heavy (non-hydrogen) atoms. The molecule has 1 amide bonds. The van der Waals surface area contributed by atoms with Crippen LogP contribution in [0.1, 0.15) is 16.0 Å². The van der Waals surface area contributed by atoms with Crippen molar-refractivity contribution in [3.63, 3.8) is 0 Å². The van der Waals surface area contributed by atoms with E-state index >= 15 is 0 Å². The van der Waals surface area contributed by atoms with E-state index in [1.165, 1.54) is 4.88 Å². The van der Waals surface area contributed by atoms with Crippen LogP contribution in [0.15, 0.2) is 76.9 Å². The SMILES string of the molecule is O=C(/C=C/c1ccccc1)N(CCc1cccs1)Cc1ccoc1. The lowest BCUT2D eigenvalue weighted by molar-refractivity contribution is -0.126. The molecule has 0 spiro atoms. The van der Waals surface area contributed by atoms with Crippen molar-refractivity contribution in [1.82, 2.24) is 4.90 Å². The fraction of sp³-hybridized carbons (Fsp3) is 0.150. The number of carbonyl (C=O) groups is 1.